The second-order valence-corrected chi connectivity index (χ2v) is 4.93. The van der Waals surface area contributed by atoms with E-state index in [2.05, 4.69) is 15.5 Å². The molecule has 2 amide bonds. The molecule has 4 heteroatoms. The maximum Gasteiger partial charge on any atom is 0.315 e. The topological polar surface area (TPSA) is 44.4 Å². The SMILES string of the molecule is O=C(NCCN1CCCCC1)NC1CCC1. The van der Waals surface area contributed by atoms with Crippen molar-refractivity contribution in [3.05, 3.63) is 0 Å². The fraction of sp³-hybridized carbons (Fsp3) is 0.917. The third kappa shape index (κ3) is 3.67. The molecule has 1 heterocycles. The molecule has 16 heavy (non-hydrogen) atoms. The Morgan fingerprint density at radius 1 is 1.12 bits per heavy atom. The van der Waals surface area contributed by atoms with Crippen molar-refractivity contribution >= 4 is 6.03 Å². The highest BCUT2D eigenvalue weighted by atomic mass is 16.2. The molecule has 2 rings (SSSR count). The molecule has 1 aliphatic heterocycles. The maximum absolute atomic E-state index is 11.4. The Morgan fingerprint density at radius 2 is 1.88 bits per heavy atom. The van der Waals surface area contributed by atoms with Crippen LogP contribution >= 0.6 is 0 Å². The molecule has 1 saturated heterocycles. The summed E-state index contributed by atoms with van der Waals surface area (Å²) in [5, 5.41) is 5.92. The van der Waals surface area contributed by atoms with Gasteiger partial charge in [0.25, 0.3) is 0 Å². The molecule has 0 radical (unpaired) electrons. The molecular weight excluding hydrogens is 202 g/mol. The van der Waals surface area contributed by atoms with Crippen LogP contribution in [-0.2, 0) is 0 Å². The first kappa shape index (κ1) is 11.7. The number of carbonyl (C=O) groups is 1. The lowest BCUT2D eigenvalue weighted by molar-refractivity contribution is 0.214. The number of nitrogens with zero attached hydrogens (tertiary/aromatic N) is 1. The van der Waals surface area contributed by atoms with Crippen molar-refractivity contribution in [2.24, 2.45) is 0 Å². The Kier molecular flexibility index (Phi) is 4.45. The smallest absolute Gasteiger partial charge is 0.315 e. The molecular formula is C12H23N3O. The van der Waals surface area contributed by atoms with E-state index in [9.17, 15) is 4.79 Å². The summed E-state index contributed by atoms with van der Waals surface area (Å²) in [4.78, 5) is 13.9. The second-order valence-electron chi connectivity index (χ2n) is 4.93. The molecule has 0 spiro atoms. The minimum atomic E-state index is 0.0155. The van der Waals surface area contributed by atoms with Crippen molar-refractivity contribution in [2.45, 2.75) is 44.6 Å². The van der Waals surface area contributed by atoms with Gasteiger partial charge in [0.05, 0.1) is 0 Å². The molecule has 92 valence electrons. The van der Waals surface area contributed by atoms with Gasteiger partial charge in [0.2, 0.25) is 0 Å². The highest BCUT2D eigenvalue weighted by molar-refractivity contribution is 5.74. The maximum atomic E-state index is 11.4. The van der Waals surface area contributed by atoms with E-state index in [0.29, 0.717) is 6.04 Å². The summed E-state index contributed by atoms with van der Waals surface area (Å²) in [6.45, 7) is 4.18. The van der Waals surface area contributed by atoms with Gasteiger partial charge in [-0.25, -0.2) is 4.79 Å². The molecule has 0 aromatic carbocycles. The van der Waals surface area contributed by atoms with Gasteiger partial charge in [0, 0.05) is 19.1 Å². The van der Waals surface area contributed by atoms with E-state index in [1.54, 1.807) is 0 Å². The fourth-order valence-corrected chi connectivity index (χ4v) is 2.30. The first-order valence-electron chi connectivity index (χ1n) is 6.61. The van der Waals surface area contributed by atoms with E-state index < -0.39 is 0 Å². The number of likely N-dealkylation sites (tertiary alicyclic amines) is 1. The first-order valence-corrected chi connectivity index (χ1v) is 6.61. The second kappa shape index (κ2) is 6.09. The van der Waals surface area contributed by atoms with E-state index in [-0.39, 0.29) is 6.03 Å². The minimum Gasteiger partial charge on any atom is -0.337 e. The molecule has 2 N–H and O–H groups in total. The van der Waals surface area contributed by atoms with Gasteiger partial charge >= 0.3 is 6.03 Å². The summed E-state index contributed by atoms with van der Waals surface area (Å²) >= 11 is 0. The normalized spacial score (nSPS) is 22.5. The number of urea groups is 1. The van der Waals surface area contributed by atoms with Crippen molar-refractivity contribution in [2.75, 3.05) is 26.2 Å². The summed E-state index contributed by atoms with van der Waals surface area (Å²) < 4.78 is 0. The zero-order chi connectivity index (χ0) is 11.2. The zero-order valence-electron chi connectivity index (χ0n) is 10.0. The lowest BCUT2D eigenvalue weighted by Crippen LogP contribution is -2.47. The van der Waals surface area contributed by atoms with Gasteiger partial charge in [-0.05, 0) is 45.2 Å². The van der Waals surface area contributed by atoms with Gasteiger partial charge in [0.15, 0.2) is 0 Å². The summed E-state index contributed by atoms with van der Waals surface area (Å²) in [7, 11) is 0. The molecule has 2 fully saturated rings. The van der Waals surface area contributed by atoms with Crippen LogP contribution in [0.2, 0.25) is 0 Å². The van der Waals surface area contributed by atoms with Crippen LogP contribution in [0, 0.1) is 0 Å². The summed E-state index contributed by atoms with van der Waals surface area (Å²) in [5.41, 5.74) is 0. The monoisotopic (exact) mass is 225 g/mol. The van der Waals surface area contributed by atoms with Gasteiger partial charge in [-0.1, -0.05) is 6.42 Å². The highest BCUT2D eigenvalue weighted by Crippen LogP contribution is 2.17. The van der Waals surface area contributed by atoms with E-state index in [1.165, 1.54) is 38.8 Å². The zero-order valence-corrected chi connectivity index (χ0v) is 10.0. The number of rotatable bonds is 4. The van der Waals surface area contributed by atoms with Gasteiger partial charge in [-0.3, -0.25) is 0 Å². The van der Waals surface area contributed by atoms with Gasteiger partial charge in [0.1, 0.15) is 0 Å². The van der Waals surface area contributed by atoms with Crippen molar-refractivity contribution in [3.63, 3.8) is 0 Å². The Morgan fingerprint density at radius 3 is 2.50 bits per heavy atom. The number of carbonyl (C=O) groups excluding carboxylic acids is 1. The van der Waals surface area contributed by atoms with Crippen molar-refractivity contribution in [3.8, 4) is 0 Å². The molecule has 0 bridgehead atoms. The lowest BCUT2D eigenvalue weighted by atomic mass is 9.93. The summed E-state index contributed by atoms with van der Waals surface area (Å²) in [6.07, 6.45) is 7.56. The Hall–Kier alpha value is -0.770. The first-order chi connectivity index (χ1) is 7.84. The predicted molar refractivity (Wildman–Crippen MR) is 64.5 cm³/mol. The van der Waals surface area contributed by atoms with Gasteiger partial charge in [-0.2, -0.15) is 0 Å². The van der Waals surface area contributed by atoms with Crippen LogP contribution in [0.3, 0.4) is 0 Å². The van der Waals surface area contributed by atoms with Crippen LogP contribution in [0.4, 0.5) is 4.79 Å². The molecule has 0 atom stereocenters. The van der Waals surface area contributed by atoms with Crippen LogP contribution in [-0.4, -0.2) is 43.2 Å². The molecule has 0 aromatic heterocycles. The van der Waals surface area contributed by atoms with E-state index in [0.717, 1.165) is 25.9 Å². The number of hydrogen-bond acceptors (Lipinski definition) is 2. The molecule has 2 aliphatic rings. The summed E-state index contributed by atoms with van der Waals surface area (Å²) in [6, 6.07) is 0.455. The van der Waals surface area contributed by atoms with Gasteiger partial charge in [-0.15, -0.1) is 0 Å². The van der Waals surface area contributed by atoms with Gasteiger partial charge < -0.3 is 15.5 Å². The van der Waals surface area contributed by atoms with E-state index in [4.69, 9.17) is 0 Å². The molecule has 1 aliphatic carbocycles. The molecule has 0 aromatic rings. The minimum absolute atomic E-state index is 0.0155. The van der Waals surface area contributed by atoms with E-state index >= 15 is 0 Å². The van der Waals surface area contributed by atoms with Crippen LogP contribution < -0.4 is 10.6 Å². The van der Waals surface area contributed by atoms with Crippen LogP contribution in [0.25, 0.3) is 0 Å². The summed E-state index contributed by atoms with van der Waals surface area (Å²) in [5.74, 6) is 0. The Labute approximate surface area is 97.8 Å². The van der Waals surface area contributed by atoms with Crippen LogP contribution in [0.5, 0.6) is 0 Å². The number of amides is 2. The Bertz CT molecular complexity index is 222. The average molecular weight is 225 g/mol. The third-order valence-electron chi connectivity index (χ3n) is 3.60. The van der Waals surface area contributed by atoms with Crippen molar-refractivity contribution in [1.29, 1.82) is 0 Å². The predicted octanol–water partition coefficient (Wildman–Crippen LogP) is 1.32. The van der Waals surface area contributed by atoms with Crippen molar-refractivity contribution < 1.29 is 4.79 Å². The quantitative estimate of drug-likeness (QED) is 0.758. The Balaban J connectivity index is 1.51. The number of hydrogen-bond donors (Lipinski definition) is 2. The third-order valence-corrected chi connectivity index (χ3v) is 3.60. The van der Waals surface area contributed by atoms with Crippen molar-refractivity contribution in [1.82, 2.24) is 15.5 Å². The lowest BCUT2D eigenvalue weighted by Gasteiger charge is -2.28. The largest absolute Gasteiger partial charge is 0.337 e. The molecule has 0 unspecified atom stereocenters. The number of nitrogens with one attached hydrogen (secondary N) is 2. The standard InChI is InChI=1S/C12H23N3O/c16-12(14-11-5-4-6-11)13-7-10-15-8-2-1-3-9-15/h11H,1-10H2,(H2,13,14,16). The van der Waals surface area contributed by atoms with Crippen LogP contribution in [0.15, 0.2) is 0 Å². The van der Waals surface area contributed by atoms with Crippen LogP contribution in [0.1, 0.15) is 38.5 Å². The fourth-order valence-electron chi connectivity index (χ4n) is 2.30. The molecule has 4 nitrogen and oxygen atoms in total. The highest BCUT2D eigenvalue weighted by Gasteiger charge is 2.19. The average Bonchev–Trinajstić information content (AvgIpc) is 2.25. The number of piperidine rings is 1. The van der Waals surface area contributed by atoms with E-state index in [1.807, 2.05) is 0 Å². The molecule has 1 saturated carbocycles.